The van der Waals surface area contributed by atoms with Gasteiger partial charge in [-0.1, -0.05) is 68.9 Å². The minimum atomic E-state index is -0.678. The minimum Gasteiger partial charge on any atom is -0.388 e. The van der Waals surface area contributed by atoms with Gasteiger partial charge in [-0.25, -0.2) is 0 Å². The van der Waals surface area contributed by atoms with Gasteiger partial charge in [0.05, 0.1) is 16.1 Å². The van der Waals surface area contributed by atoms with Crippen LogP contribution >= 0.6 is 50.7 Å². The summed E-state index contributed by atoms with van der Waals surface area (Å²) < 4.78 is 0.769. The number of aliphatic hydroxyl groups is 1. The van der Waals surface area contributed by atoms with Gasteiger partial charge in [0.25, 0.3) is 0 Å². The van der Waals surface area contributed by atoms with Crippen molar-refractivity contribution < 1.29 is 5.11 Å². The topological polar surface area (TPSA) is 20.2 Å². The van der Waals surface area contributed by atoms with Gasteiger partial charge in [0.15, 0.2) is 0 Å². The maximum Gasteiger partial charge on any atom is 0.0841 e. The molecule has 100 valence electrons. The third-order valence-electron chi connectivity index (χ3n) is 2.77. The van der Waals surface area contributed by atoms with Crippen LogP contribution in [0.25, 0.3) is 0 Å². The summed E-state index contributed by atoms with van der Waals surface area (Å²) in [7, 11) is 0. The summed E-state index contributed by atoms with van der Waals surface area (Å²) >= 11 is 21.3. The van der Waals surface area contributed by atoms with Crippen molar-refractivity contribution in [3.05, 3.63) is 67.1 Å². The van der Waals surface area contributed by atoms with Crippen molar-refractivity contribution in [2.75, 3.05) is 0 Å². The smallest absolute Gasteiger partial charge is 0.0841 e. The van der Waals surface area contributed by atoms with Gasteiger partial charge in [-0.15, -0.1) is 0 Å². The number of hydrogen-bond donors (Lipinski definition) is 1. The van der Waals surface area contributed by atoms with E-state index < -0.39 is 6.10 Å². The zero-order valence-corrected chi connectivity index (χ0v) is 13.6. The molecular formula is C14H10BrCl3O. The first-order valence-corrected chi connectivity index (χ1v) is 7.47. The quantitative estimate of drug-likeness (QED) is 0.726. The summed E-state index contributed by atoms with van der Waals surface area (Å²) in [4.78, 5) is 0. The van der Waals surface area contributed by atoms with Crippen LogP contribution in [0, 0.1) is 0 Å². The molecular weight excluding hydrogens is 370 g/mol. The molecule has 0 saturated carbocycles. The van der Waals surface area contributed by atoms with Gasteiger partial charge in [-0.3, -0.25) is 0 Å². The highest BCUT2D eigenvalue weighted by atomic mass is 79.9. The normalized spacial score (nSPS) is 12.5. The van der Waals surface area contributed by atoms with E-state index in [1.165, 1.54) is 0 Å². The fraction of sp³-hybridized carbons (Fsp3) is 0.143. The van der Waals surface area contributed by atoms with Gasteiger partial charge in [-0.05, 0) is 29.3 Å². The highest BCUT2D eigenvalue weighted by Gasteiger charge is 2.15. The van der Waals surface area contributed by atoms with Crippen LogP contribution in [0.1, 0.15) is 17.2 Å². The second kappa shape index (κ2) is 6.47. The summed E-state index contributed by atoms with van der Waals surface area (Å²) in [5, 5.41) is 11.9. The number of aliphatic hydroxyl groups excluding tert-OH is 1. The number of halogens is 4. The lowest BCUT2D eigenvalue weighted by Crippen LogP contribution is -2.03. The zero-order valence-electron chi connectivity index (χ0n) is 9.71. The molecule has 0 spiro atoms. The Morgan fingerprint density at radius 2 is 1.84 bits per heavy atom. The van der Waals surface area contributed by atoms with Crippen molar-refractivity contribution in [3.63, 3.8) is 0 Å². The van der Waals surface area contributed by atoms with E-state index in [1.54, 1.807) is 24.3 Å². The maximum absolute atomic E-state index is 10.3. The third-order valence-corrected chi connectivity index (χ3v) is 4.55. The van der Waals surface area contributed by atoms with E-state index in [2.05, 4.69) is 15.9 Å². The van der Waals surface area contributed by atoms with Crippen molar-refractivity contribution in [3.8, 4) is 0 Å². The van der Waals surface area contributed by atoms with Crippen molar-refractivity contribution >= 4 is 50.7 Å². The van der Waals surface area contributed by atoms with Gasteiger partial charge < -0.3 is 5.11 Å². The van der Waals surface area contributed by atoms with E-state index in [0.717, 1.165) is 15.6 Å². The fourth-order valence-electron chi connectivity index (χ4n) is 1.80. The largest absolute Gasteiger partial charge is 0.388 e. The zero-order chi connectivity index (χ0) is 14.0. The molecule has 0 amide bonds. The Bertz CT molecular complexity index is 601. The fourth-order valence-corrected chi connectivity index (χ4v) is 3.14. The molecule has 2 rings (SSSR count). The van der Waals surface area contributed by atoms with Crippen LogP contribution in [-0.2, 0) is 6.42 Å². The SMILES string of the molecule is OC(Cc1cccc(Cl)c1Cl)c1ccc(Cl)cc1Br. The van der Waals surface area contributed by atoms with E-state index >= 15 is 0 Å². The minimum absolute atomic E-state index is 0.389. The Labute approximate surface area is 135 Å². The number of hydrogen-bond acceptors (Lipinski definition) is 1. The van der Waals surface area contributed by atoms with Crippen molar-refractivity contribution in [2.24, 2.45) is 0 Å². The lowest BCUT2D eigenvalue weighted by Gasteiger charge is -2.14. The van der Waals surface area contributed by atoms with Crippen molar-refractivity contribution in [1.29, 1.82) is 0 Å². The molecule has 0 aliphatic rings. The Hall–Kier alpha value is -0.250. The molecule has 0 aliphatic heterocycles. The van der Waals surface area contributed by atoms with Crippen LogP contribution < -0.4 is 0 Å². The average molecular weight is 380 g/mol. The first kappa shape index (κ1) is 15.1. The summed E-state index contributed by atoms with van der Waals surface area (Å²) in [6.07, 6.45) is -0.290. The first-order valence-electron chi connectivity index (χ1n) is 5.55. The molecule has 0 radical (unpaired) electrons. The summed E-state index contributed by atoms with van der Waals surface area (Å²) in [6, 6.07) is 10.7. The van der Waals surface area contributed by atoms with Gasteiger partial charge in [-0.2, -0.15) is 0 Å². The molecule has 0 aromatic heterocycles. The van der Waals surface area contributed by atoms with Crippen molar-refractivity contribution in [1.82, 2.24) is 0 Å². The predicted molar refractivity (Wildman–Crippen MR) is 84.3 cm³/mol. The molecule has 0 fully saturated rings. The summed E-state index contributed by atoms with van der Waals surface area (Å²) in [6.45, 7) is 0. The first-order chi connectivity index (χ1) is 8.99. The number of benzene rings is 2. The van der Waals surface area contributed by atoms with Crippen LogP contribution in [-0.4, -0.2) is 5.11 Å². The molecule has 0 aliphatic carbocycles. The Morgan fingerprint density at radius 1 is 1.11 bits per heavy atom. The van der Waals surface area contributed by atoms with E-state index in [0.29, 0.717) is 21.5 Å². The molecule has 1 N–H and O–H groups in total. The Kier molecular flexibility index (Phi) is 5.15. The molecule has 5 heteroatoms. The molecule has 2 aromatic rings. The van der Waals surface area contributed by atoms with Crippen molar-refractivity contribution in [2.45, 2.75) is 12.5 Å². The molecule has 19 heavy (non-hydrogen) atoms. The lowest BCUT2D eigenvalue weighted by atomic mass is 10.0. The lowest BCUT2D eigenvalue weighted by molar-refractivity contribution is 0.177. The van der Waals surface area contributed by atoms with Crippen LogP contribution in [0.5, 0.6) is 0 Å². The number of rotatable bonds is 3. The van der Waals surface area contributed by atoms with E-state index in [4.69, 9.17) is 34.8 Å². The van der Waals surface area contributed by atoms with Gasteiger partial charge in [0.2, 0.25) is 0 Å². The van der Waals surface area contributed by atoms with Crippen LogP contribution in [0.2, 0.25) is 15.1 Å². The molecule has 1 atom stereocenters. The van der Waals surface area contributed by atoms with Gasteiger partial charge >= 0.3 is 0 Å². The molecule has 2 aromatic carbocycles. The molecule has 0 heterocycles. The second-order valence-electron chi connectivity index (χ2n) is 4.10. The Morgan fingerprint density at radius 3 is 2.53 bits per heavy atom. The highest BCUT2D eigenvalue weighted by Crippen LogP contribution is 2.32. The molecule has 0 bridgehead atoms. The van der Waals surface area contributed by atoms with Crippen LogP contribution in [0.3, 0.4) is 0 Å². The van der Waals surface area contributed by atoms with Crippen LogP contribution in [0.15, 0.2) is 40.9 Å². The standard InChI is InChI=1S/C14H10BrCl3O/c15-11-7-9(16)4-5-10(11)13(19)6-8-2-1-3-12(17)14(8)18/h1-5,7,13,19H,6H2. The molecule has 1 unspecified atom stereocenters. The second-order valence-corrected chi connectivity index (χ2v) is 6.17. The summed E-state index contributed by atoms with van der Waals surface area (Å²) in [5.41, 5.74) is 1.57. The van der Waals surface area contributed by atoms with E-state index in [1.807, 2.05) is 12.1 Å². The highest BCUT2D eigenvalue weighted by molar-refractivity contribution is 9.10. The molecule has 0 saturated heterocycles. The van der Waals surface area contributed by atoms with E-state index in [-0.39, 0.29) is 0 Å². The predicted octanol–water partition coefficient (Wildman–Crippen LogP) is 5.69. The molecule has 1 nitrogen and oxygen atoms in total. The summed E-state index contributed by atoms with van der Waals surface area (Å²) in [5.74, 6) is 0. The monoisotopic (exact) mass is 378 g/mol. The maximum atomic E-state index is 10.3. The van der Waals surface area contributed by atoms with E-state index in [9.17, 15) is 5.11 Å². The van der Waals surface area contributed by atoms with Crippen LogP contribution in [0.4, 0.5) is 0 Å². The van der Waals surface area contributed by atoms with Gasteiger partial charge in [0.1, 0.15) is 0 Å². The third kappa shape index (κ3) is 3.65. The van der Waals surface area contributed by atoms with Gasteiger partial charge in [0, 0.05) is 15.9 Å². The Balaban J connectivity index is 2.25. The average Bonchev–Trinajstić information content (AvgIpc) is 2.34.